The molecule has 2 aromatic heterocycles. The van der Waals surface area contributed by atoms with Crippen molar-refractivity contribution < 1.29 is 22.4 Å². The van der Waals surface area contributed by atoms with E-state index in [0.717, 1.165) is 25.1 Å². The monoisotopic (exact) mass is 503 g/mol. The van der Waals surface area contributed by atoms with Crippen LogP contribution in [0.3, 0.4) is 0 Å². The van der Waals surface area contributed by atoms with E-state index >= 15 is 0 Å². The standard InChI is InChI=1S/C24H18ClF4N5O/c25-15-7-12(24(27,28)29)10-32-20(15)33-17-9-23-8-13(23)11-34(19(17)23)22(35)14-3-1-4-16(26)18(14)21-30-5-2-6-31-21/h1-7,10,13,17,19H,8-9,11H2,(H,32,33). The highest BCUT2D eigenvalue weighted by molar-refractivity contribution is 6.33. The van der Waals surface area contributed by atoms with Gasteiger partial charge in [-0.25, -0.2) is 19.3 Å². The van der Waals surface area contributed by atoms with Crippen molar-refractivity contribution in [3.63, 3.8) is 0 Å². The van der Waals surface area contributed by atoms with E-state index in [4.69, 9.17) is 11.6 Å². The van der Waals surface area contributed by atoms with E-state index in [-0.39, 0.29) is 51.2 Å². The zero-order chi connectivity index (χ0) is 24.5. The third-order valence-corrected chi connectivity index (χ3v) is 7.68. The number of aromatic nitrogens is 3. The van der Waals surface area contributed by atoms with Gasteiger partial charge in [-0.15, -0.1) is 0 Å². The smallest absolute Gasteiger partial charge is 0.364 e. The van der Waals surface area contributed by atoms with Gasteiger partial charge in [0.05, 0.1) is 27.8 Å². The Morgan fingerprint density at radius 1 is 1.14 bits per heavy atom. The number of carbonyl (C=O) groups excluding carboxylic acids is 1. The SMILES string of the molecule is O=C(c1cccc(F)c1-c1ncccn1)N1CC2CC23CC(Nc2ncc(C(F)(F)F)cc2Cl)C13. The van der Waals surface area contributed by atoms with E-state index in [9.17, 15) is 22.4 Å². The fraction of sp³-hybridized carbons (Fsp3) is 0.333. The maximum Gasteiger partial charge on any atom is 0.417 e. The number of halogens is 5. The van der Waals surface area contributed by atoms with Crippen LogP contribution in [-0.2, 0) is 6.18 Å². The molecule has 4 unspecified atom stereocenters. The van der Waals surface area contributed by atoms with Gasteiger partial charge in [0.15, 0.2) is 5.82 Å². The Bertz CT molecular complexity index is 1340. The largest absolute Gasteiger partial charge is 0.417 e. The molecular formula is C24H18ClF4N5O. The highest BCUT2D eigenvalue weighted by atomic mass is 35.5. The maximum absolute atomic E-state index is 14.8. The minimum Gasteiger partial charge on any atom is -0.364 e. The van der Waals surface area contributed by atoms with E-state index in [0.29, 0.717) is 12.5 Å². The van der Waals surface area contributed by atoms with Crippen LogP contribution in [0.25, 0.3) is 11.4 Å². The van der Waals surface area contributed by atoms with Crippen molar-refractivity contribution in [2.24, 2.45) is 11.3 Å². The van der Waals surface area contributed by atoms with Crippen LogP contribution < -0.4 is 5.32 Å². The van der Waals surface area contributed by atoms with Crippen LogP contribution in [0.1, 0.15) is 28.8 Å². The summed E-state index contributed by atoms with van der Waals surface area (Å²) in [6.45, 7) is 0.529. The molecule has 1 amide bonds. The van der Waals surface area contributed by atoms with Gasteiger partial charge >= 0.3 is 6.18 Å². The van der Waals surface area contributed by atoms with Gasteiger partial charge in [0.1, 0.15) is 11.6 Å². The predicted octanol–water partition coefficient (Wildman–Crippen LogP) is 5.07. The number of nitrogens with zero attached hydrogens (tertiary/aromatic N) is 4. The summed E-state index contributed by atoms with van der Waals surface area (Å²) in [5.41, 5.74) is -0.740. The molecule has 3 fully saturated rings. The molecular weight excluding hydrogens is 486 g/mol. The van der Waals surface area contributed by atoms with Gasteiger partial charge in [-0.05, 0) is 48.4 Å². The molecule has 6 rings (SSSR count). The second kappa shape index (κ2) is 7.61. The normalized spacial score (nSPS) is 26.5. The average Bonchev–Trinajstić information content (AvgIpc) is 3.47. The van der Waals surface area contributed by atoms with Gasteiger partial charge in [-0.3, -0.25) is 4.79 Å². The van der Waals surface area contributed by atoms with E-state index in [1.807, 2.05) is 0 Å². The summed E-state index contributed by atoms with van der Waals surface area (Å²) in [4.78, 5) is 27.5. The summed E-state index contributed by atoms with van der Waals surface area (Å²) in [6, 6.07) is 6.30. The van der Waals surface area contributed by atoms with Gasteiger partial charge in [0, 0.05) is 31.2 Å². The van der Waals surface area contributed by atoms with Crippen LogP contribution >= 0.6 is 11.6 Å². The second-order valence-electron chi connectivity index (χ2n) is 9.28. The molecule has 1 spiro atoms. The Hall–Kier alpha value is -3.27. The number of nitrogens with one attached hydrogen (secondary N) is 1. The summed E-state index contributed by atoms with van der Waals surface area (Å²) >= 11 is 6.09. The van der Waals surface area contributed by atoms with Crippen LogP contribution in [0.5, 0.6) is 0 Å². The number of pyridine rings is 1. The van der Waals surface area contributed by atoms with E-state index < -0.39 is 17.6 Å². The molecule has 11 heteroatoms. The number of anilines is 1. The summed E-state index contributed by atoms with van der Waals surface area (Å²) in [5, 5.41) is 3.00. The lowest BCUT2D eigenvalue weighted by Gasteiger charge is -2.48. The molecule has 1 N–H and O–H groups in total. The molecule has 2 aliphatic carbocycles. The molecule has 1 saturated heterocycles. The van der Waals surface area contributed by atoms with E-state index in [1.165, 1.54) is 24.5 Å². The molecule has 0 radical (unpaired) electrons. The third-order valence-electron chi connectivity index (χ3n) is 7.39. The first-order valence-electron chi connectivity index (χ1n) is 11.1. The van der Waals surface area contributed by atoms with Crippen molar-refractivity contribution in [2.75, 3.05) is 11.9 Å². The van der Waals surface area contributed by atoms with Crippen LogP contribution in [0.2, 0.25) is 5.02 Å². The van der Waals surface area contributed by atoms with Gasteiger partial charge < -0.3 is 10.2 Å². The van der Waals surface area contributed by atoms with Crippen molar-refractivity contribution in [3.05, 3.63) is 70.9 Å². The molecule has 0 bridgehead atoms. The van der Waals surface area contributed by atoms with Gasteiger partial charge in [0.2, 0.25) is 0 Å². The molecule has 4 atom stereocenters. The molecule has 2 saturated carbocycles. The fourth-order valence-electron chi connectivity index (χ4n) is 5.75. The molecule has 180 valence electrons. The quantitative estimate of drug-likeness (QED) is 0.504. The first-order valence-corrected chi connectivity index (χ1v) is 11.4. The van der Waals surface area contributed by atoms with Crippen molar-refractivity contribution >= 4 is 23.3 Å². The number of benzene rings is 1. The second-order valence-corrected chi connectivity index (χ2v) is 9.69. The van der Waals surface area contributed by atoms with Gasteiger partial charge in [-0.2, -0.15) is 13.2 Å². The number of piperidine rings is 1. The van der Waals surface area contributed by atoms with Crippen LogP contribution in [0.15, 0.2) is 48.9 Å². The Balaban J connectivity index is 1.28. The van der Waals surface area contributed by atoms with Crippen molar-refractivity contribution in [1.29, 1.82) is 0 Å². The summed E-state index contributed by atoms with van der Waals surface area (Å²) in [6.07, 6.45) is 0.885. The minimum atomic E-state index is -4.54. The lowest BCUT2D eigenvalue weighted by Crippen LogP contribution is -2.60. The van der Waals surface area contributed by atoms with Gasteiger partial charge in [0.25, 0.3) is 5.91 Å². The molecule has 6 nitrogen and oxygen atoms in total. The Labute approximate surface area is 202 Å². The maximum atomic E-state index is 14.8. The molecule has 35 heavy (non-hydrogen) atoms. The number of rotatable bonds is 4. The van der Waals surface area contributed by atoms with Crippen LogP contribution in [0.4, 0.5) is 23.4 Å². The topological polar surface area (TPSA) is 71.0 Å². The highest BCUT2D eigenvalue weighted by Crippen LogP contribution is 2.71. The van der Waals surface area contributed by atoms with Crippen molar-refractivity contribution in [1.82, 2.24) is 19.9 Å². The average molecular weight is 504 g/mol. The molecule has 3 aliphatic rings. The number of alkyl halides is 3. The summed E-state index contributed by atoms with van der Waals surface area (Å²) < 4.78 is 53.7. The number of carbonyl (C=O) groups is 1. The molecule has 1 aromatic carbocycles. The lowest BCUT2D eigenvalue weighted by atomic mass is 9.71. The number of hydrogen-bond acceptors (Lipinski definition) is 5. The number of likely N-dealkylation sites (tertiary alicyclic amines) is 1. The van der Waals surface area contributed by atoms with E-state index in [1.54, 1.807) is 17.0 Å². The molecule has 3 heterocycles. The minimum absolute atomic E-state index is 0.0253. The predicted molar refractivity (Wildman–Crippen MR) is 119 cm³/mol. The zero-order valence-electron chi connectivity index (χ0n) is 18.1. The van der Waals surface area contributed by atoms with E-state index in [2.05, 4.69) is 20.3 Å². The Morgan fingerprint density at radius 3 is 2.63 bits per heavy atom. The first-order chi connectivity index (χ1) is 16.7. The Kier molecular flexibility index (Phi) is 4.83. The first kappa shape index (κ1) is 22.2. The fourth-order valence-corrected chi connectivity index (χ4v) is 5.97. The lowest BCUT2D eigenvalue weighted by molar-refractivity contribution is -0.137. The van der Waals surface area contributed by atoms with Crippen LogP contribution in [-0.4, -0.2) is 44.4 Å². The molecule has 1 aliphatic heterocycles. The summed E-state index contributed by atoms with van der Waals surface area (Å²) in [5.74, 6) is -0.320. The summed E-state index contributed by atoms with van der Waals surface area (Å²) in [7, 11) is 0. The zero-order valence-corrected chi connectivity index (χ0v) is 18.8. The number of hydrogen-bond donors (Lipinski definition) is 1. The number of amides is 1. The highest BCUT2D eigenvalue weighted by Gasteiger charge is 2.75. The van der Waals surface area contributed by atoms with Crippen LogP contribution in [0, 0.1) is 17.2 Å². The Morgan fingerprint density at radius 2 is 1.91 bits per heavy atom. The van der Waals surface area contributed by atoms with Crippen molar-refractivity contribution in [2.45, 2.75) is 31.1 Å². The van der Waals surface area contributed by atoms with Gasteiger partial charge in [-0.1, -0.05) is 17.7 Å². The molecule has 3 aromatic rings. The third kappa shape index (κ3) is 3.45. The van der Waals surface area contributed by atoms with Crippen molar-refractivity contribution in [3.8, 4) is 11.4 Å².